The molecule has 2 rings (SSSR count). The number of methoxy groups -OCH3 is 1. The van der Waals surface area contributed by atoms with Gasteiger partial charge < -0.3 is 14.2 Å². The van der Waals surface area contributed by atoms with Crippen molar-refractivity contribution in [2.24, 2.45) is 0 Å². The minimum absolute atomic E-state index is 0.0695. The molecule has 0 bridgehead atoms. The monoisotopic (exact) mass is 275 g/mol. The van der Waals surface area contributed by atoms with E-state index in [-0.39, 0.29) is 23.6 Å². The number of nitriles is 1. The normalized spacial score (nSPS) is 13.3. The number of ether oxygens (including phenoxy) is 1. The highest BCUT2D eigenvalue weighted by molar-refractivity contribution is 5.89. The van der Waals surface area contributed by atoms with Crippen LogP contribution in [0.1, 0.15) is 22.3 Å². The Hall–Kier alpha value is -2.62. The lowest BCUT2D eigenvalue weighted by molar-refractivity contribution is -0.135. The van der Waals surface area contributed by atoms with Gasteiger partial charge in [0.05, 0.1) is 12.7 Å². The van der Waals surface area contributed by atoms with Crippen LogP contribution in [0.25, 0.3) is 0 Å². The van der Waals surface area contributed by atoms with Gasteiger partial charge in [-0.3, -0.25) is 9.59 Å². The third-order valence-electron chi connectivity index (χ3n) is 3.14. The van der Waals surface area contributed by atoms with Gasteiger partial charge in [0.1, 0.15) is 18.2 Å². The summed E-state index contributed by atoms with van der Waals surface area (Å²) in [5, 5.41) is 8.91. The zero-order chi connectivity index (χ0) is 14.7. The molecule has 1 fully saturated rings. The highest BCUT2D eigenvalue weighted by Crippen LogP contribution is 2.08. The number of nitrogens with zero attached hydrogens (tertiary/aromatic N) is 3. The average molecular weight is 275 g/mol. The van der Waals surface area contributed by atoms with E-state index in [9.17, 15) is 14.4 Å². The Bertz CT molecular complexity index is 653. The van der Waals surface area contributed by atoms with Crippen molar-refractivity contribution in [2.45, 2.75) is 13.0 Å². The van der Waals surface area contributed by atoms with Crippen molar-refractivity contribution < 1.29 is 14.3 Å². The van der Waals surface area contributed by atoms with Crippen molar-refractivity contribution in [3.8, 4) is 6.07 Å². The second-order valence-corrected chi connectivity index (χ2v) is 4.41. The average Bonchev–Trinajstić information content (AvgIpc) is 2.38. The Morgan fingerprint density at radius 3 is 2.65 bits per heavy atom. The zero-order valence-electron chi connectivity index (χ0n) is 11.0. The van der Waals surface area contributed by atoms with Crippen LogP contribution in [0, 0.1) is 11.3 Å². The maximum Gasteiger partial charge on any atom is 0.339 e. The molecular weight excluding hydrogens is 262 g/mol. The Morgan fingerprint density at radius 2 is 2.15 bits per heavy atom. The van der Waals surface area contributed by atoms with E-state index in [0.717, 1.165) is 11.0 Å². The van der Waals surface area contributed by atoms with Crippen LogP contribution >= 0.6 is 0 Å². The molecular formula is C13H13N3O4. The zero-order valence-corrected chi connectivity index (χ0v) is 11.0. The molecule has 1 aromatic rings. The molecule has 1 aliphatic rings. The number of carbonyl (C=O) groups excluding carboxylic acids is 2. The van der Waals surface area contributed by atoms with Crippen LogP contribution in [0.4, 0.5) is 0 Å². The largest absolute Gasteiger partial charge is 0.465 e. The van der Waals surface area contributed by atoms with Crippen LogP contribution in [-0.2, 0) is 16.1 Å². The van der Waals surface area contributed by atoms with Gasteiger partial charge >= 0.3 is 5.97 Å². The Labute approximate surface area is 115 Å². The fourth-order valence-corrected chi connectivity index (χ4v) is 1.87. The Balaban J connectivity index is 2.35. The third-order valence-corrected chi connectivity index (χ3v) is 3.14. The number of rotatable bonds is 3. The molecule has 0 N–H and O–H groups in total. The van der Waals surface area contributed by atoms with Gasteiger partial charge in [-0.15, -0.1) is 0 Å². The maximum absolute atomic E-state index is 11.9. The lowest BCUT2D eigenvalue weighted by Gasteiger charge is -2.31. The highest BCUT2D eigenvalue weighted by Gasteiger charge is 2.21. The molecule has 0 spiro atoms. The fraction of sp³-hybridized carbons (Fsp3) is 0.385. The summed E-state index contributed by atoms with van der Waals surface area (Å²) in [5.74, 6) is -0.865. The number of aromatic nitrogens is 1. The van der Waals surface area contributed by atoms with E-state index >= 15 is 0 Å². The lowest BCUT2D eigenvalue weighted by Crippen LogP contribution is -2.45. The van der Waals surface area contributed by atoms with Crippen LogP contribution in [0.3, 0.4) is 0 Å². The molecule has 20 heavy (non-hydrogen) atoms. The standard InChI is InChI=1S/C13H13N3O4/c1-20-13(19)10-5-9(6-14)12(18)16(7-10)8-11(17)15-3-2-4-15/h5,7H,2-4,8H2,1H3. The summed E-state index contributed by atoms with van der Waals surface area (Å²) in [6.07, 6.45) is 2.19. The van der Waals surface area contributed by atoms with Crippen LogP contribution < -0.4 is 5.56 Å². The number of amides is 1. The Kier molecular flexibility index (Phi) is 3.84. The van der Waals surface area contributed by atoms with E-state index in [4.69, 9.17) is 5.26 Å². The molecule has 7 heteroatoms. The molecule has 1 aromatic heterocycles. The molecule has 104 valence electrons. The molecule has 0 atom stereocenters. The minimum atomic E-state index is -0.661. The first-order valence-electron chi connectivity index (χ1n) is 6.07. The van der Waals surface area contributed by atoms with Crippen molar-refractivity contribution in [3.05, 3.63) is 33.7 Å². The van der Waals surface area contributed by atoms with Gasteiger partial charge in [-0.05, 0) is 12.5 Å². The molecule has 0 aromatic carbocycles. The van der Waals surface area contributed by atoms with Gasteiger partial charge in [0.2, 0.25) is 5.91 Å². The Morgan fingerprint density at radius 1 is 1.45 bits per heavy atom. The van der Waals surface area contributed by atoms with Crippen molar-refractivity contribution in [1.82, 2.24) is 9.47 Å². The van der Waals surface area contributed by atoms with Crippen LogP contribution in [-0.4, -0.2) is 41.5 Å². The van der Waals surface area contributed by atoms with Crippen LogP contribution in [0.2, 0.25) is 0 Å². The lowest BCUT2D eigenvalue weighted by atomic mass is 10.2. The van der Waals surface area contributed by atoms with E-state index in [2.05, 4.69) is 4.74 Å². The molecule has 1 aliphatic heterocycles. The second-order valence-electron chi connectivity index (χ2n) is 4.41. The number of esters is 1. The molecule has 7 nitrogen and oxygen atoms in total. The highest BCUT2D eigenvalue weighted by atomic mass is 16.5. The molecule has 0 radical (unpaired) electrons. The topological polar surface area (TPSA) is 92.4 Å². The predicted octanol–water partition coefficient (Wildman–Crippen LogP) is -0.261. The summed E-state index contributed by atoms with van der Waals surface area (Å²) in [6, 6.07) is 2.88. The molecule has 2 heterocycles. The molecule has 0 saturated carbocycles. The number of hydrogen-bond donors (Lipinski definition) is 0. The van der Waals surface area contributed by atoms with E-state index in [1.165, 1.54) is 19.4 Å². The first kappa shape index (κ1) is 13.8. The number of hydrogen-bond acceptors (Lipinski definition) is 5. The van der Waals surface area contributed by atoms with Gasteiger partial charge in [0, 0.05) is 19.3 Å². The molecule has 0 aliphatic carbocycles. The van der Waals surface area contributed by atoms with E-state index in [1.807, 2.05) is 0 Å². The van der Waals surface area contributed by atoms with E-state index < -0.39 is 11.5 Å². The molecule has 1 saturated heterocycles. The SMILES string of the molecule is COC(=O)c1cc(C#N)c(=O)n(CC(=O)N2CCC2)c1. The van der Waals surface area contributed by atoms with Gasteiger partial charge in [-0.1, -0.05) is 0 Å². The second kappa shape index (κ2) is 5.57. The first-order valence-corrected chi connectivity index (χ1v) is 6.07. The predicted molar refractivity (Wildman–Crippen MR) is 68.0 cm³/mol. The van der Waals surface area contributed by atoms with Crippen molar-refractivity contribution >= 4 is 11.9 Å². The minimum Gasteiger partial charge on any atom is -0.465 e. The van der Waals surface area contributed by atoms with Gasteiger partial charge in [-0.2, -0.15) is 5.26 Å². The summed E-state index contributed by atoms with van der Waals surface area (Å²) in [5.41, 5.74) is -0.710. The smallest absolute Gasteiger partial charge is 0.339 e. The van der Waals surface area contributed by atoms with Crippen molar-refractivity contribution in [1.29, 1.82) is 5.26 Å². The summed E-state index contributed by atoms with van der Waals surface area (Å²) >= 11 is 0. The van der Waals surface area contributed by atoms with Crippen molar-refractivity contribution in [2.75, 3.05) is 20.2 Å². The summed E-state index contributed by atoms with van der Waals surface area (Å²) in [4.78, 5) is 36.9. The summed E-state index contributed by atoms with van der Waals surface area (Å²) in [6.45, 7) is 1.17. The fourth-order valence-electron chi connectivity index (χ4n) is 1.87. The number of likely N-dealkylation sites (tertiary alicyclic amines) is 1. The molecule has 0 unspecified atom stereocenters. The van der Waals surface area contributed by atoms with Gasteiger partial charge in [0.25, 0.3) is 5.56 Å². The quantitative estimate of drug-likeness (QED) is 0.708. The van der Waals surface area contributed by atoms with E-state index in [0.29, 0.717) is 13.1 Å². The van der Waals surface area contributed by atoms with Crippen molar-refractivity contribution in [3.63, 3.8) is 0 Å². The first-order chi connectivity index (χ1) is 9.56. The molecule has 1 amide bonds. The van der Waals surface area contributed by atoms with Gasteiger partial charge in [0.15, 0.2) is 0 Å². The maximum atomic E-state index is 11.9. The van der Waals surface area contributed by atoms with Gasteiger partial charge in [-0.25, -0.2) is 4.79 Å². The summed E-state index contributed by atoms with van der Waals surface area (Å²) < 4.78 is 5.63. The number of carbonyl (C=O) groups is 2. The van der Waals surface area contributed by atoms with Crippen LogP contribution in [0.5, 0.6) is 0 Å². The third kappa shape index (κ3) is 2.54. The summed E-state index contributed by atoms with van der Waals surface area (Å²) in [7, 11) is 1.20. The van der Waals surface area contributed by atoms with E-state index in [1.54, 1.807) is 11.0 Å². The van der Waals surface area contributed by atoms with Crippen LogP contribution in [0.15, 0.2) is 17.1 Å². The number of pyridine rings is 1.